The van der Waals surface area contributed by atoms with Gasteiger partial charge in [-0.2, -0.15) is 0 Å². The van der Waals surface area contributed by atoms with Gasteiger partial charge in [-0.15, -0.1) is 0 Å². The molecule has 0 aliphatic heterocycles. The van der Waals surface area contributed by atoms with Crippen molar-refractivity contribution in [3.63, 3.8) is 0 Å². The molecule has 0 unspecified atom stereocenters. The van der Waals surface area contributed by atoms with E-state index in [-0.39, 0.29) is 42.0 Å². The van der Waals surface area contributed by atoms with E-state index >= 15 is 0 Å². The van der Waals surface area contributed by atoms with Crippen molar-refractivity contribution in [2.75, 3.05) is 6.54 Å². The predicted molar refractivity (Wildman–Crippen MR) is 66.3 cm³/mol. The fourth-order valence-electron chi connectivity index (χ4n) is 0.896. The summed E-state index contributed by atoms with van der Waals surface area (Å²) in [5.74, 6) is -1.42. The maximum atomic E-state index is 11.4. The molecule has 76 valence electrons. The molecule has 0 aromatic heterocycles. The average molecular weight is 329 g/mol. The van der Waals surface area contributed by atoms with E-state index < -0.39 is 5.97 Å². The van der Waals surface area contributed by atoms with Gasteiger partial charge in [0.15, 0.2) is 0 Å². The van der Waals surface area contributed by atoms with Crippen LogP contribution in [0.5, 0.6) is 0 Å². The molecule has 0 fully saturated rings. The minimum absolute atomic E-state index is 0. The van der Waals surface area contributed by atoms with Crippen LogP contribution in [0.1, 0.15) is 10.4 Å². The molecule has 2 N–H and O–H groups in total. The SMILES string of the molecule is O=C(O)CNC(=O)c1ccccc1I.[NaH]. The number of aliphatic carboxylic acids is 1. The van der Waals surface area contributed by atoms with Crippen LogP contribution in [0.4, 0.5) is 0 Å². The summed E-state index contributed by atoms with van der Waals surface area (Å²) in [6.07, 6.45) is 0. The Hall–Kier alpha value is -0.110. The minimum atomic E-state index is -1.05. The fourth-order valence-corrected chi connectivity index (χ4v) is 1.53. The molecule has 0 atom stereocenters. The number of carbonyl (C=O) groups excluding carboxylic acids is 1. The molecule has 0 aliphatic rings. The molecular weight excluding hydrogens is 320 g/mol. The number of nitrogens with one attached hydrogen (secondary N) is 1. The molecular formula is C9H9INNaO3. The molecule has 4 nitrogen and oxygen atoms in total. The molecule has 0 heterocycles. The van der Waals surface area contributed by atoms with Gasteiger partial charge < -0.3 is 10.4 Å². The van der Waals surface area contributed by atoms with E-state index in [1.807, 2.05) is 28.7 Å². The first-order chi connectivity index (χ1) is 6.61. The van der Waals surface area contributed by atoms with E-state index in [4.69, 9.17) is 5.11 Å². The average Bonchev–Trinajstić information content (AvgIpc) is 2.15. The third kappa shape index (κ3) is 4.96. The Labute approximate surface area is 123 Å². The second-order valence-corrected chi connectivity index (χ2v) is 3.72. The first-order valence-corrected chi connectivity index (χ1v) is 4.93. The van der Waals surface area contributed by atoms with Crippen LogP contribution in [0, 0.1) is 3.57 Å². The van der Waals surface area contributed by atoms with E-state index in [1.165, 1.54) is 0 Å². The Morgan fingerprint density at radius 2 is 1.93 bits per heavy atom. The summed E-state index contributed by atoms with van der Waals surface area (Å²) < 4.78 is 0.799. The number of rotatable bonds is 3. The molecule has 1 aromatic carbocycles. The Balaban J connectivity index is 0.00000196. The van der Waals surface area contributed by atoms with Gasteiger partial charge in [-0.3, -0.25) is 9.59 Å². The first-order valence-electron chi connectivity index (χ1n) is 3.86. The monoisotopic (exact) mass is 329 g/mol. The molecule has 0 saturated heterocycles. The number of halogens is 1. The van der Waals surface area contributed by atoms with Crippen molar-refractivity contribution in [2.45, 2.75) is 0 Å². The molecule has 1 aromatic rings. The third-order valence-corrected chi connectivity index (χ3v) is 2.46. The second kappa shape index (κ2) is 7.21. The van der Waals surface area contributed by atoms with Crippen molar-refractivity contribution in [2.24, 2.45) is 0 Å². The van der Waals surface area contributed by atoms with Gasteiger partial charge in [-0.05, 0) is 34.7 Å². The summed E-state index contributed by atoms with van der Waals surface area (Å²) in [4.78, 5) is 21.6. The second-order valence-electron chi connectivity index (χ2n) is 2.56. The van der Waals surface area contributed by atoms with E-state index in [0.29, 0.717) is 5.56 Å². The van der Waals surface area contributed by atoms with E-state index in [9.17, 15) is 9.59 Å². The van der Waals surface area contributed by atoms with Gasteiger partial charge in [-0.1, -0.05) is 12.1 Å². The zero-order chi connectivity index (χ0) is 10.6. The molecule has 1 amide bonds. The number of hydrogen-bond acceptors (Lipinski definition) is 2. The zero-order valence-electron chi connectivity index (χ0n) is 7.16. The molecule has 6 heteroatoms. The van der Waals surface area contributed by atoms with Crippen LogP contribution in [-0.2, 0) is 4.79 Å². The molecule has 0 spiro atoms. The Kier molecular flexibility index (Phi) is 7.16. The molecule has 15 heavy (non-hydrogen) atoms. The maximum absolute atomic E-state index is 11.4. The quantitative estimate of drug-likeness (QED) is 0.625. The topological polar surface area (TPSA) is 66.4 Å². The molecule has 0 bridgehead atoms. The Bertz CT molecular complexity index is 370. The van der Waals surface area contributed by atoms with Crippen molar-refractivity contribution in [3.05, 3.63) is 33.4 Å². The number of carboxylic acid groups (broad SMARTS) is 1. The molecule has 0 aliphatic carbocycles. The van der Waals surface area contributed by atoms with Crippen LogP contribution in [0.3, 0.4) is 0 Å². The zero-order valence-corrected chi connectivity index (χ0v) is 9.32. The summed E-state index contributed by atoms with van der Waals surface area (Å²) in [6, 6.07) is 6.99. The van der Waals surface area contributed by atoms with E-state index in [2.05, 4.69) is 5.32 Å². The number of carbonyl (C=O) groups is 2. The molecule has 0 radical (unpaired) electrons. The van der Waals surface area contributed by atoms with Crippen LogP contribution in [0.2, 0.25) is 0 Å². The normalized spacial score (nSPS) is 8.87. The van der Waals surface area contributed by atoms with Crippen LogP contribution >= 0.6 is 22.6 Å². The molecule has 1 rings (SSSR count). The number of hydrogen-bond donors (Lipinski definition) is 2. The van der Waals surface area contributed by atoms with Gasteiger partial charge >= 0.3 is 35.5 Å². The summed E-state index contributed by atoms with van der Waals surface area (Å²) in [5.41, 5.74) is 0.495. The number of benzene rings is 1. The Morgan fingerprint density at radius 1 is 1.33 bits per heavy atom. The van der Waals surface area contributed by atoms with Crippen LogP contribution in [-0.4, -0.2) is 53.1 Å². The predicted octanol–water partition coefficient (Wildman–Crippen LogP) is 0.457. The van der Waals surface area contributed by atoms with E-state index in [1.54, 1.807) is 18.2 Å². The van der Waals surface area contributed by atoms with Crippen molar-refractivity contribution < 1.29 is 14.7 Å². The Morgan fingerprint density at radius 3 is 2.47 bits per heavy atom. The first kappa shape index (κ1) is 14.9. The standard InChI is InChI=1S/C9H8INO3.Na.H/c10-7-4-2-1-3-6(7)9(14)11-5-8(12)13;;/h1-4H,5H2,(H,11,14)(H,12,13);;. The van der Waals surface area contributed by atoms with Crippen LogP contribution in [0.15, 0.2) is 24.3 Å². The van der Waals surface area contributed by atoms with Crippen molar-refractivity contribution in [1.29, 1.82) is 0 Å². The van der Waals surface area contributed by atoms with Crippen LogP contribution in [0.25, 0.3) is 0 Å². The number of carboxylic acids is 1. The van der Waals surface area contributed by atoms with Gasteiger partial charge in [-0.25, -0.2) is 0 Å². The van der Waals surface area contributed by atoms with Crippen molar-refractivity contribution in [1.82, 2.24) is 5.32 Å². The van der Waals surface area contributed by atoms with Gasteiger partial charge in [0.1, 0.15) is 6.54 Å². The van der Waals surface area contributed by atoms with Crippen molar-refractivity contribution >= 4 is 64.0 Å². The van der Waals surface area contributed by atoms with Gasteiger partial charge in [0, 0.05) is 3.57 Å². The van der Waals surface area contributed by atoms with Gasteiger partial charge in [0.25, 0.3) is 5.91 Å². The van der Waals surface area contributed by atoms with E-state index in [0.717, 1.165) is 3.57 Å². The van der Waals surface area contributed by atoms with Gasteiger partial charge in [0.05, 0.1) is 5.56 Å². The summed E-state index contributed by atoms with van der Waals surface area (Å²) >= 11 is 2.02. The fraction of sp³-hybridized carbons (Fsp3) is 0.111. The summed E-state index contributed by atoms with van der Waals surface area (Å²) in [7, 11) is 0. The number of amides is 1. The molecule has 0 saturated carbocycles. The third-order valence-electron chi connectivity index (χ3n) is 1.52. The summed E-state index contributed by atoms with van der Waals surface area (Å²) in [5, 5.41) is 10.7. The summed E-state index contributed by atoms with van der Waals surface area (Å²) in [6.45, 7) is -0.357. The van der Waals surface area contributed by atoms with Crippen LogP contribution < -0.4 is 5.32 Å². The van der Waals surface area contributed by atoms with Gasteiger partial charge in [0.2, 0.25) is 0 Å². The van der Waals surface area contributed by atoms with Crippen molar-refractivity contribution in [3.8, 4) is 0 Å².